The fourth-order valence-electron chi connectivity index (χ4n) is 1.66. The molecule has 6 nitrogen and oxygen atoms in total. The van der Waals surface area contributed by atoms with Crippen LogP contribution in [0.15, 0.2) is 28.9 Å². The maximum atomic E-state index is 9.27. The standard InChI is InChI=1S/C12H16N4O2/c1-9(17)7-16(2)8-11-14-12(15-18-11)10-5-3-4-6-13-10/h3-6,9,17H,7-8H2,1-2H3. The summed E-state index contributed by atoms with van der Waals surface area (Å²) in [5.41, 5.74) is 0.686. The van der Waals surface area contributed by atoms with Crippen LogP contribution in [0.3, 0.4) is 0 Å². The molecule has 2 aromatic heterocycles. The van der Waals surface area contributed by atoms with Crippen molar-refractivity contribution >= 4 is 0 Å². The van der Waals surface area contributed by atoms with Gasteiger partial charge in [0.1, 0.15) is 5.69 Å². The van der Waals surface area contributed by atoms with E-state index in [0.717, 1.165) is 0 Å². The highest BCUT2D eigenvalue weighted by molar-refractivity contribution is 5.46. The summed E-state index contributed by atoms with van der Waals surface area (Å²) in [6, 6.07) is 5.53. The molecule has 0 aliphatic heterocycles. The molecule has 0 bridgehead atoms. The van der Waals surface area contributed by atoms with Crippen LogP contribution < -0.4 is 0 Å². The topological polar surface area (TPSA) is 75.3 Å². The van der Waals surface area contributed by atoms with Gasteiger partial charge in [-0.15, -0.1) is 0 Å². The summed E-state index contributed by atoms with van der Waals surface area (Å²) in [5, 5.41) is 13.1. The molecule has 6 heteroatoms. The fourth-order valence-corrected chi connectivity index (χ4v) is 1.66. The van der Waals surface area contributed by atoms with Crippen LogP contribution in [0.5, 0.6) is 0 Å². The quantitative estimate of drug-likeness (QED) is 0.849. The SMILES string of the molecule is CC(O)CN(C)Cc1nc(-c2ccccn2)no1. The van der Waals surface area contributed by atoms with E-state index < -0.39 is 0 Å². The molecule has 2 heterocycles. The Balaban J connectivity index is 2.03. The van der Waals surface area contributed by atoms with Crippen molar-refractivity contribution in [1.29, 1.82) is 0 Å². The molecule has 0 saturated heterocycles. The van der Waals surface area contributed by atoms with Crippen molar-refractivity contribution in [1.82, 2.24) is 20.0 Å². The van der Waals surface area contributed by atoms with E-state index in [1.807, 2.05) is 30.1 Å². The smallest absolute Gasteiger partial charge is 0.241 e. The Morgan fingerprint density at radius 2 is 2.28 bits per heavy atom. The molecule has 0 aliphatic rings. The van der Waals surface area contributed by atoms with Crippen molar-refractivity contribution in [2.45, 2.75) is 19.6 Å². The molecule has 0 amide bonds. The minimum absolute atomic E-state index is 0.381. The third kappa shape index (κ3) is 3.35. The van der Waals surface area contributed by atoms with Crippen molar-refractivity contribution in [3.8, 4) is 11.5 Å². The summed E-state index contributed by atoms with van der Waals surface area (Å²) < 4.78 is 5.15. The third-order valence-corrected chi connectivity index (χ3v) is 2.34. The molecule has 2 rings (SSSR count). The zero-order valence-electron chi connectivity index (χ0n) is 10.4. The summed E-state index contributed by atoms with van der Waals surface area (Å²) in [7, 11) is 1.89. The number of hydrogen-bond acceptors (Lipinski definition) is 6. The molecule has 1 N–H and O–H groups in total. The third-order valence-electron chi connectivity index (χ3n) is 2.34. The molecule has 0 fully saturated rings. The predicted molar refractivity (Wildman–Crippen MR) is 65.5 cm³/mol. The van der Waals surface area contributed by atoms with Crippen molar-refractivity contribution in [3.63, 3.8) is 0 Å². The van der Waals surface area contributed by atoms with Gasteiger partial charge in [-0.25, -0.2) is 0 Å². The Kier molecular flexibility index (Phi) is 4.01. The van der Waals surface area contributed by atoms with Crippen LogP contribution in [-0.2, 0) is 6.54 Å². The fraction of sp³-hybridized carbons (Fsp3) is 0.417. The highest BCUT2D eigenvalue weighted by Crippen LogP contribution is 2.12. The summed E-state index contributed by atoms with van der Waals surface area (Å²) in [6.07, 6.45) is 1.30. The summed E-state index contributed by atoms with van der Waals surface area (Å²) >= 11 is 0. The van der Waals surface area contributed by atoms with Gasteiger partial charge in [-0.05, 0) is 26.1 Å². The first-order chi connectivity index (χ1) is 8.65. The first-order valence-electron chi connectivity index (χ1n) is 5.76. The molecule has 18 heavy (non-hydrogen) atoms. The summed E-state index contributed by atoms with van der Waals surface area (Å²) in [4.78, 5) is 10.3. The number of nitrogens with zero attached hydrogens (tertiary/aromatic N) is 4. The Bertz CT molecular complexity index is 484. The van der Waals surface area contributed by atoms with Gasteiger partial charge in [0.25, 0.3) is 0 Å². The van der Waals surface area contributed by atoms with Crippen LogP contribution in [0.2, 0.25) is 0 Å². The van der Waals surface area contributed by atoms with E-state index >= 15 is 0 Å². The second-order valence-corrected chi connectivity index (χ2v) is 4.27. The number of hydrogen-bond donors (Lipinski definition) is 1. The monoisotopic (exact) mass is 248 g/mol. The van der Waals surface area contributed by atoms with E-state index in [1.165, 1.54) is 0 Å². The second-order valence-electron chi connectivity index (χ2n) is 4.27. The maximum Gasteiger partial charge on any atom is 0.241 e. The first kappa shape index (κ1) is 12.7. The van der Waals surface area contributed by atoms with Crippen LogP contribution >= 0.6 is 0 Å². The number of aromatic nitrogens is 3. The molecular formula is C12H16N4O2. The average Bonchev–Trinajstić information content (AvgIpc) is 2.77. The van der Waals surface area contributed by atoms with Crippen molar-refractivity contribution in [2.75, 3.05) is 13.6 Å². The van der Waals surface area contributed by atoms with E-state index in [2.05, 4.69) is 15.1 Å². The van der Waals surface area contributed by atoms with Crippen molar-refractivity contribution in [2.24, 2.45) is 0 Å². The van der Waals surface area contributed by atoms with E-state index in [0.29, 0.717) is 30.5 Å². The van der Waals surface area contributed by atoms with E-state index in [4.69, 9.17) is 4.52 Å². The van der Waals surface area contributed by atoms with Crippen LogP contribution in [0.25, 0.3) is 11.5 Å². The Labute approximate surface area is 105 Å². The molecule has 0 radical (unpaired) electrons. The molecular weight excluding hydrogens is 232 g/mol. The summed E-state index contributed by atoms with van der Waals surface area (Å²) in [5.74, 6) is 0.995. The van der Waals surface area contributed by atoms with Gasteiger partial charge >= 0.3 is 0 Å². The molecule has 2 aromatic rings. The molecule has 0 aliphatic carbocycles. The highest BCUT2D eigenvalue weighted by Gasteiger charge is 2.12. The molecule has 0 spiro atoms. The normalized spacial score (nSPS) is 12.9. The molecule has 1 atom stereocenters. The molecule has 0 saturated carbocycles. The molecule has 0 aromatic carbocycles. The number of aliphatic hydroxyl groups excluding tert-OH is 1. The van der Waals surface area contributed by atoms with Gasteiger partial charge in [-0.2, -0.15) is 4.98 Å². The Morgan fingerprint density at radius 1 is 1.44 bits per heavy atom. The van der Waals surface area contributed by atoms with E-state index in [9.17, 15) is 5.11 Å². The van der Waals surface area contributed by atoms with Crippen LogP contribution in [0, 0.1) is 0 Å². The van der Waals surface area contributed by atoms with Crippen LogP contribution in [0.4, 0.5) is 0 Å². The van der Waals surface area contributed by atoms with Crippen LogP contribution in [-0.4, -0.2) is 44.8 Å². The number of rotatable bonds is 5. The average molecular weight is 248 g/mol. The van der Waals surface area contributed by atoms with E-state index in [-0.39, 0.29) is 6.10 Å². The minimum atomic E-state index is -0.381. The summed E-state index contributed by atoms with van der Waals surface area (Å²) in [6.45, 7) is 2.80. The van der Waals surface area contributed by atoms with Gasteiger partial charge in [0, 0.05) is 12.7 Å². The van der Waals surface area contributed by atoms with Gasteiger partial charge in [0.2, 0.25) is 11.7 Å². The molecule has 96 valence electrons. The lowest BCUT2D eigenvalue weighted by Gasteiger charge is -2.15. The van der Waals surface area contributed by atoms with Gasteiger partial charge < -0.3 is 9.63 Å². The van der Waals surface area contributed by atoms with Gasteiger partial charge in [-0.1, -0.05) is 11.2 Å². The molecule has 1 unspecified atom stereocenters. The van der Waals surface area contributed by atoms with Crippen LogP contribution in [0.1, 0.15) is 12.8 Å². The number of pyridine rings is 1. The zero-order valence-corrected chi connectivity index (χ0v) is 10.4. The Hall–Kier alpha value is -1.79. The number of aliphatic hydroxyl groups is 1. The predicted octanol–water partition coefficient (Wildman–Crippen LogP) is 0.944. The lowest BCUT2D eigenvalue weighted by atomic mass is 10.3. The lowest BCUT2D eigenvalue weighted by molar-refractivity contribution is 0.131. The van der Waals surface area contributed by atoms with Crippen molar-refractivity contribution in [3.05, 3.63) is 30.3 Å². The number of likely N-dealkylation sites (N-methyl/N-ethyl adjacent to an activating group) is 1. The zero-order chi connectivity index (χ0) is 13.0. The maximum absolute atomic E-state index is 9.27. The largest absolute Gasteiger partial charge is 0.392 e. The van der Waals surface area contributed by atoms with E-state index in [1.54, 1.807) is 13.1 Å². The van der Waals surface area contributed by atoms with Crippen molar-refractivity contribution < 1.29 is 9.63 Å². The lowest BCUT2D eigenvalue weighted by Crippen LogP contribution is -2.26. The highest BCUT2D eigenvalue weighted by atomic mass is 16.5. The van der Waals surface area contributed by atoms with Gasteiger partial charge in [0.15, 0.2) is 0 Å². The Morgan fingerprint density at radius 3 is 2.94 bits per heavy atom. The van der Waals surface area contributed by atoms with Gasteiger partial charge in [0.05, 0.1) is 12.6 Å². The van der Waals surface area contributed by atoms with Gasteiger partial charge in [-0.3, -0.25) is 9.88 Å². The minimum Gasteiger partial charge on any atom is -0.392 e. The second kappa shape index (κ2) is 5.70. The first-order valence-corrected chi connectivity index (χ1v) is 5.76.